The minimum Gasteiger partial charge on any atom is -0.386 e. The minimum absolute atomic E-state index is 0.147. The molecule has 3 aromatic heterocycles. The lowest BCUT2D eigenvalue weighted by Gasteiger charge is -2.27. The Balaban J connectivity index is 1.59. The number of nitrogens with zero attached hydrogens (tertiary/aromatic N) is 4. The lowest BCUT2D eigenvalue weighted by atomic mass is 9.97. The second-order valence-corrected chi connectivity index (χ2v) is 9.08. The zero-order chi connectivity index (χ0) is 22.9. The average molecular weight is 455 g/mol. The zero-order valence-corrected chi connectivity index (χ0v) is 19.1. The molecular weight excluding hydrogens is 428 g/mol. The number of hydrogen-bond acceptors (Lipinski definition) is 9. The van der Waals surface area contributed by atoms with Crippen LogP contribution in [0.15, 0.2) is 30.5 Å². The van der Waals surface area contributed by atoms with Crippen LogP contribution in [0.5, 0.6) is 0 Å². The monoisotopic (exact) mass is 454 g/mol. The van der Waals surface area contributed by atoms with E-state index in [4.69, 9.17) is 10.5 Å². The highest BCUT2D eigenvalue weighted by atomic mass is 32.1. The summed E-state index contributed by atoms with van der Waals surface area (Å²) in [4.78, 5) is 27.7. The third-order valence-corrected chi connectivity index (χ3v) is 6.20. The van der Waals surface area contributed by atoms with Crippen LogP contribution in [-0.2, 0) is 10.3 Å². The number of nitrogens with two attached hydrogens (primary N) is 1. The Bertz CT molecular complexity index is 1120. The minimum atomic E-state index is -0.994. The molecule has 1 saturated heterocycles. The molecule has 0 unspecified atom stereocenters. The number of aliphatic hydroxyl groups is 1. The van der Waals surface area contributed by atoms with Crippen molar-refractivity contribution < 1.29 is 14.6 Å². The normalized spacial score (nSPS) is 14.4. The SMILES string of the molecule is Cc1nc(Nc2sc(-c3ccc(N4CCOCC4)nc3)nc2C(N)=O)ccc1C(C)(C)O. The Labute approximate surface area is 190 Å². The van der Waals surface area contributed by atoms with Gasteiger partial charge in [0.05, 0.1) is 18.8 Å². The van der Waals surface area contributed by atoms with E-state index in [1.807, 2.05) is 25.1 Å². The van der Waals surface area contributed by atoms with Gasteiger partial charge in [0, 0.05) is 36.1 Å². The van der Waals surface area contributed by atoms with Gasteiger partial charge in [-0.1, -0.05) is 17.4 Å². The number of nitrogens with one attached hydrogen (secondary N) is 1. The predicted octanol–water partition coefficient (Wildman–Crippen LogP) is 2.82. The van der Waals surface area contributed by atoms with Crippen LogP contribution in [-0.4, -0.2) is 52.3 Å². The Morgan fingerprint density at radius 2 is 1.97 bits per heavy atom. The number of rotatable bonds is 6. The van der Waals surface area contributed by atoms with Gasteiger partial charge in [-0.2, -0.15) is 0 Å². The van der Waals surface area contributed by atoms with Crippen molar-refractivity contribution in [3.63, 3.8) is 0 Å². The molecule has 0 spiro atoms. The molecule has 0 atom stereocenters. The van der Waals surface area contributed by atoms with E-state index in [1.165, 1.54) is 11.3 Å². The van der Waals surface area contributed by atoms with Gasteiger partial charge in [0.25, 0.3) is 5.91 Å². The van der Waals surface area contributed by atoms with E-state index in [2.05, 4.69) is 25.2 Å². The average Bonchev–Trinajstić information content (AvgIpc) is 3.18. The van der Waals surface area contributed by atoms with Crippen molar-refractivity contribution in [3.8, 4) is 10.6 Å². The molecule has 1 aliphatic heterocycles. The van der Waals surface area contributed by atoms with Gasteiger partial charge < -0.3 is 25.8 Å². The molecule has 0 aromatic carbocycles. The van der Waals surface area contributed by atoms with Crippen LogP contribution in [0.3, 0.4) is 0 Å². The Hall–Kier alpha value is -3.08. The van der Waals surface area contributed by atoms with Crippen molar-refractivity contribution in [2.45, 2.75) is 26.4 Å². The van der Waals surface area contributed by atoms with Crippen molar-refractivity contribution in [3.05, 3.63) is 47.4 Å². The molecule has 1 fully saturated rings. The maximum absolute atomic E-state index is 12.0. The number of amides is 1. The number of ether oxygens (including phenoxy) is 1. The molecule has 0 aliphatic carbocycles. The van der Waals surface area contributed by atoms with Crippen LogP contribution < -0.4 is 16.0 Å². The number of carbonyl (C=O) groups excluding carboxylic acids is 1. The standard InChI is InChI=1S/C22H26N6O3S/c1-13-15(22(2,3)30)5-6-16(25-13)26-21-18(19(23)29)27-20(32-21)14-4-7-17(24-12-14)28-8-10-31-11-9-28/h4-7,12,30H,8-11H2,1-3H3,(H2,23,29)(H,25,26). The molecule has 0 saturated carbocycles. The van der Waals surface area contributed by atoms with Gasteiger partial charge in [0.2, 0.25) is 0 Å². The maximum Gasteiger partial charge on any atom is 0.270 e. The number of aryl methyl sites for hydroxylation is 1. The molecule has 3 aromatic rings. The second-order valence-electron chi connectivity index (χ2n) is 8.08. The number of aromatic nitrogens is 3. The molecule has 10 heteroatoms. The third-order valence-electron chi connectivity index (χ3n) is 5.18. The smallest absolute Gasteiger partial charge is 0.270 e. The van der Waals surface area contributed by atoms with E-state index in [-0.39, 0.29) is 5.69 Å². The number of thiazole rings is 1. The highest BCUT2D eigenvalue weighted by Crippen LogP contribution is 2.34. The van der Waals surface area contributed by atoms with E-state index in [0.29, 0.717) is 34.7 Å². The molecule has 9 nitrogen and oxygen atoms in total. The quantitative estimate of drug-likeness (QED) is 0.519. The van der Waals surface area contributed by atoms with Crippen LogP contribution in [0.2, 0.25) is 0 Å². The first kappa shape index (κ1) is 22.1. The van der Waals surface area contributed by atoms with Crippen LogP contribution in [0.25, 0.3) is 10.6 Å². The maximum atomic E-state index is 12.0. The molecule has 1 aliphatic rings. The number of hydrogen-bond donors (Lipinski definition) is 3. The summed E-state index contributed by atoms with van der Waals surface area (Å²) in [5.41, 5.74) is 6.94. The summed E-state index contributed by atoms with van der Waals surface area (Å²) in [6.45, 7) is 8.25. The van der Waals surface area contributed by atoms with Gasteiger partial charge in [-0.3, -0.25) is 4.79 Å². The molecule has 1 amide bonds. The molecular formula is C22H26N6O3S. The van der Waals surface area contributed by atoms with E-state index < -0.39 is 11.5 Å². The largest absolute Gasteiger partial charge is 0.386 e. The first-order chi connectivity index (χ1) is 15.2. The van der Waals surface area contributed by atoms with Gasteiger partial charge in [-0.15, -0.1) is 0 Å². The van der Waals surface area contributed by atoms with Crippen molar-refractivity contribution >= 4 is 33.9 Å². The number of anilines is 3. The zero-order valence-electron chi connectivity index (χ0n) is 18.3. The number of carbonyl (C=O) groups is 1. The summed E-state index contributed by atoms with van der Waals surface area (Å²) in [5.74, 6) is 0.792. The molecule has 0 radical (unpaired) electrons. The molecule has 0 bridgehead atoms. The van der Waals surface area contributed by atoms with Crippen molar-refractivity contribution in [2.24, 2.45) is 5.73 Å². The summed E-state index contributed by atoms with van der Waals surface area (Å²) in [7, 11) is 0. The topological polar surface area (TPSA) is 126 Å². The number of pyridine rings is 2. The Kier molecular flexibility index (Phi) is 6.09. The summed E-state index contributed by atoms with van der Waals surface area (Å²) < 4.78 is 5.39. The van der Waals surface area contributed by atoms with Crippen molar-refractivity contribution in [2.75, 3.05) is 36.5 Å². The van der Waals surface area contributed by atoms with Crippen LogP contribution in [0.1, 0.15) is 35.6 Å². The van der Waals surface area contributed by atoms with Crippen LogP contribution in [0, 0.1) is 6.92 Å². The van der Waals surface area contributed by atoms with E-state index in [1.54, 1.807) is 26.1 Å². The van der Waals surface area contributed by atoms with Gasteiger partial charge in [-0.25, -0.2) is 15.0 Å². The van der Waals surface area contributed by atoms with Crippen molar-refractivity contribution in [1.82, 2.24) is 15.0 Å². The predicted molar refractivity (Wildman–Crippen MR) is 124 cm³/mol. The number of primary amides is 1. The van der Waals surface area contributed by atoms with Crippen molar-refractivity contribution in [1.29, 1.82) is 0 Å². The lowest BCUT2D eigenvalue weighted by Crippen LogP contribution is -2.36. The van der Waals surface area contributed by atoms with E-state index in [9.17, 15) is 9.90 Å². The summed E-state index contributed by atoms with van der Waals surface area (Å²) in [6.07, 6.45) is 1.75. The molecule has 168 valence electrons. The Morgan fingerprint density at radius 1 is 1.22 bits per heavy atom. The summed E-state index contributed by atoms with van der Waals surface area (Å²) in [6, 6.07) is 7.44. The van der Waals surface area contributed by atoms with E-state index >= 15 is 0 Å². The highest BCUT2D eigenvalue weighted by molar-refractivity contribution is 7.19. The summed E-state index contributed by atoms with van der Waals surface area (Å²) in [5, 5.41) is 14.5. The van der Waals surface area contributed by atoms with Gasteiger partial charge in [0.15, 0.2) is 5.69 Å². The van der Waals surface area contributed by atoms with Gasteiger partial charge in [0.1, 0.15) is 21.6 Å². The third kappa shape index (κ3) is 4.72. The summed E-state index contributed by atoms with van der Waals surface area (Å²) >= 11 is 1.31. The van der Waals surface area contributed by atoms with E-state index in [0.717, 1.165) is 30.0 Å². The lowest BCUT2D eigenvalue weighted by molar-refractivity contribution is 0.0775. The molecule has 4 N–H and O–H groups in total. The van der Waals surface area contributed by atoms with Gasteiger partial charge in [-0.05, 0) is 39.0 Å². The second kappa shape index (κ2) is 8.81. The fourth-order valence-electron chi connectivity index (χ4n) is 3.58. The molecule has 4 rings (SSSR count). The highest BCUT2D eigenvalue weighted by Gasteiger charge is 2.21. The molecule has 4 heterocycles. The molecule has 32 heavy (non-hydrogen) atoms. The first-order valence-electron chi connectivity index (χ1n) is 10.3. The fourth-order valence-corrected chi connectivity index (χ4v) is 4.55. The van der Waals surface area contributed by atoms with Crippen LogP contribution in [0.4, 0.5) is 16.6 Å². The Morgan fingerprint density at radius 3 is 2.56 bits per heavy atom. The fraction of sp³-hybridized carbons (Fsp3) is 0.364. The van der Waals surface area contributed by atoms with Gasteiger partial charge >= 0.3 is 0 Å². The number of morpholine rings is 1. The first-order valence-corrected chi connectivity index (χ1v) is 11.1. The van der Waals surface area contributed by atoms with Crippen LogP contribution >= 0.6 is 11.3 Å².